The highest BCUT2D eigenvalue weighted by molar-refractivity contribution is 7.89. The van der Waals surface area contributed by atoms with Gasteiger partial charge in [0.15, 0.2) is 5.01 Å². The van der Waals surface area contributed by atoms with Crippen LogP contribution in [0.5, 0.6) is 0 Å². The minimum Gasteiger partial charge on any atom is -0.345 e. The summed E-state index contributed by atoms with van der Waals surface area (Å²) in [4.78, 5) is 77.6. The Hall–Kier alpha value is -3.70. The molecule has 2 N–H and O–H groups in total. The summed E-state index contributed by atoms with van der Waals surface area (Å²) in [6, 6.07) is 5.15. The molecule has 3 saturated heterocycles. The summed E-state index contributed by atoms with van der Waals surface area (Å²) in [5, 5.41) is 4.71. The number of carbonyl (C=O) groups excluding carboxylic acids is 5. The van der Waals surface area contributed by atoms with Crippen LogP contribution in [0.4, 0.5) is 0 Å². The summed E-state index contributed by atoms with van der Waals surface area (Å²) in [6.45, 7) is 4.46. The molecular formula is C33H38ClN7O7S2. The molecule has 0 saturated carbocycles. The summed E-state index contributed by atoms with van der Waals surface area (Å²) in [5.41, 5.74) is 1.43. The van der Waals surface area contributed by atoms with Crippen LogP contribution in [0.3, 0.4) is 0 Å². The molecule has 4 unspecified atom stereocenters. The molecule has 17 heteroatoms. The van der Waals surface area contributed by atoms with E-state index >= 15 is 0 Å². The molecule has 50 heavy (non-hydrogen) atoms. The zero-order chi connectivity index (χ0) is 35.5. The first-order valence-corrected chi connectivity index (χ1v) is 19.5. The number of imide groups is 2. The van der Waals surface area contributed by atoms with Crippen molar-refractivity contribution in [3.63, 3.8) is 0 Å². The van der Waals surface area contributed by atoms with Crippen molar-refractivity contribution in [2.75, 3.05) is 26.2 Å². The van der Waals surface area contributed by atoms with Crippen LogP contribution in [0.25, 0.3) is 10.9 Å². The van der Waals surface area contributed by atoms with Crippen LogP contribution in [0.2, 0.25) is 5.02 Å². The van der Waals surface area contributed by atoms with Crippen molar-refractivity contribution < 1.29 is 32.4 Å². The van der Waals surface area contributed by atoms with Gasteiger partial charge < -0.3 is 15.2 Å². The summed E-state index contributed by atoms with van der Waals surface area (Å²) >= 11 is 7.46. The molecule has 0 spiro atoms. The van der Waals surface area contributed by atoms with Gasteiger partial charge in [0.2, 0.25) is 23.6 Å². The molecule has 4 atom stereocenters. The van der Waals surface area contributed by atoms with E-state index in [0.29, 0.717) is 22.5 Å². The van der Waals surface area contributed by atoms with Crippen LogP contribution in [-0.4, -0.2) is 111 Å². The molecule has 266 valence electrons. The summed E-state index contributed by atoms with van der Waals surface area (Å²) < 4.78 is 29.9. The van der Waals surface area contributed by atoms with Crippen molar-refractivity contribution in [1.82, 2.24) is 34.3 Å². The van der Waals surface area contributed by atoms with Crippen molar-refractivity contribution in [1.29, 1.82) is 0 Å². The van der Waals surface area contributed by atoms with Crippen molar-refractivity contribution >= 4 is 73.4 Å². The predicted molar refractivity (Wildman–Crippen MR) is 184 cm³/mol. The van der Waals surface area contributed by atoms with E-state index in [0.717, 1.165) is 10.6 Å². The van der Waals surface area contributed by atoms with Gasteiger partial charge in [-0.3, -0.25) is 33.8 Å². The second-order valence-corrected chi connectivity index (χ2v) is 16.9. The number of aromatic nitrogens is 2. The minimum atomic E-state index is -4.17. The Kier molecular flexibility index (Phi) is 9.34. The second-order valence-electron chi connectivity index (χ2n) is 13.4. The molecule has 4 aliphatic rings. The largest absolute Gasteiger partial charge is 0.345 e. The molecule has 1 aromatic carbocycles. The fourth-order valence-corrected chi connectivity index (χ4v) is 10.2. The van der Waals surface area contributed by atoms with Crippen molar-refractivity contribution in [2.45, 2.75) is 88.0 Å². The number of nitrogens with zero attached hydrogens (tertiary/aromatic N) is 5. The maximum atomic E-state index is 14.6. The van der Waals surface area contributed by atoms with Crippen LogP contribution in [-0.2, 0) is 35.7 Å². The van der Waals surface area contributed by atoms with Gasteiger partial charge in [0.1, 0.15) is 5.03 Å². The maximum absolute atomic E-state index is 14.6. The Morgan fingerprint density at radius 2 is 1.50 bits per heavy atom. The quantitative estimate of drug-likeness (QED) is 0.313. The number of carbonyl (C=O) groups is 5. The minimum absolute atomic E-state index is 0.00748. The number of nitrogens with one attached hydrogen (secondary N) is 2. The number of thiazole rings is 1. The number of piperazine rings is 1. The molecule has 5 amide bonds. The van der Waals surface area contributed by atoms with Gasteiger partial charge >= 0.3 is 0 Å². The van der Waals surface area contributed by atoms with Gasteiger partial charge in [-0.25, -0.2) is 13.4 Å². The van der Waals surface area contributed by atoms with E-state index in [4.69, 9.17) is 16.6 Å². The highest BCUT2D eigenvalue weighted by Crippen LogP contribution is 2.35. The smallest absolute Gasteiger partial charge is 0.283 e. The molecule has 3 aromatic rings. The van der Waals surface area contributed by atoms with Gasteiger partial charge in [0.05, 0.1) is 5.69 Å². The lowest BCUT2D eigenvalue weighted by Gasteiger charge is -2.46. The van der Waals surface area contributed by atoms with Gasteiger partial charge in [-0.05, 0) is 44.0 Å². The van der Waals surface area contributed by atoms with E-state index in [1.165, 1.54) is 31.5 Å². The molecule has 4 aliphatic heterocycles. The van der Waals surface area contributed by atoms with E-state index in [-0.39, 0.29) is 110 Å². The van der Waals surface area contributed by atoms with Crippen LogP contribution < -0.4 is 5.32 Å². The van der Waals surface area contributed by atoms with Crippen molar-refractivity contribution in [3.05, 3.63) is 44.9 Å². The Morgan fingerprint density at radius 3 is 2.08 bits per heavy atom. The van der Waals surface area contributed by atoms with E-state index in [9.17, 15) is 32.4 Å². The highest BCUT2D eigenvalue weighted by atomic mass is 35.5. The summed E-state index contributed by atoms with van der Waals surface area (Å²) in [5.74, 6) is -1.57. The Labute approximate surface area is 298 Å². The van der Waals surface area contributed by atoms with Gasteiger partial charge in [-0.2, -0.15) is 4.31 Å². The lowest BCUT2D eigenvalue weighted by Crippen LogP contribution is -2.62. The highest BCUT2D eigenvalue weighted by Gasteiger charge is 2.45. The number of hydrogen-bond donors (Lipinski definition) is 2. The number of amides is 5. The molecule has 0 aliphatic carbocycles. The standard InChI is InChI=1S/C33H38ClN7O7S2/c1-18-19(2)35-15-25-31(18)37-32(49-25)33(46)41-22(9-11-39-27(42)5-6-28(39)43)16-38(17-23(41)10-12-40-29(44)7-8-30(40)45)50(47,48)26-14-20-13-21(34)3-4-24(20)36-26/h3-4,13-14,18-19,22-23,35-36H,5-12,15-17H2,1-2H3. The number of likely N-dealkylation sites (tertiary alicyclic amines) is 2. The summed E-state index contributed by atoms with van der Waals surface area (Å²) in [7, 11) is -4.17. The van der Waals surface area contributed by atoms with Gasteiger partial charge in [0.25, 0.3) is 15.9 Å². The predicted octanol–water partition coefficient (Wildman–Crippen LogP) is 2.84. The lowest BCUT2D eigenvalue weighted by atomic mass is 9.95. The molecular weight excluding hydrogens is 706 g/mol. The molecule has 2 aromatic heterocycles. The second kappa shape index (κ2) is 13.5. The number of benzene rings is 1. The fraction of sp³-hybridized carbons (Fsp3) is 0.515. The first kappa shape index (κ1) is 34.7. The number of H-pyrrole nitrogens is 1. The normalized spacial score (nSPS) is 25.0. The fourth-order valence-electron chi connectivity index (χ4n) is 7.38. The van der Waals surface area contributed by atoms with E-state index in [2.05, 4.69) is 17.2 Å². The van der Waals surface area contributed by atoms with Crippen molar-refractivity contribution in [2.24, 2.45) is 0 Å². The molecule has 14 nitrogen and oxygen atoms in total. The zero-order valence-corrected chi connectivity index (χ0v) is 30.1. The van der Waals surface area contributed by atoms with Crippen LogP contribution in [0.15, 0.2) is 29.3 Å². The number of rotatable bonds is 9. The zero-order valence-electron chi connectivity index (χ0n) is 27.7. The van der Waals surface area contributed by atoms with Crippen LogP contribution >= 0.6 is 22.9 Å². The van der Waals surface area contributed by atoms with Crippen LogP contribution in [0.1, 0.15) is 78.7 Å². The molecule has 0 bridgehead atoms. The third kappa shape index (κ3) is 6.36. The lowest BCUT2D eigenvalue weighted by molar-refractivity contribution is -0.140. The summed E-state index contributed by atoms with van der Waals surface area (Å²) in [6.07, 6.45) is 0.658. The van der Waals surface area contributed by atoms with Crippen LogP contribution in [0, 0.1) is 0 Å². The molecule has 6 heterocycles. The Balaban J connectivity index is 1.26. The van der Waals surface area contributed by atoms with Gasteiger partial charge in [-0.15, -0.1) is 11.3 Å². The van der Waals surface area contributed by atoms with E-state index in [1.54, 1.807) is 23.1 Å². The Bertz CT molecular complexity index is 1930. The topological polar surface area (TPSA) is 173 Å². The van der Waals surface area contributed by atoms with Gasteiger partial charge in [0, 0.05) is 103 Å². The maximum Gasteiger partial charge on any atom is 0.283 e. The monoisotopic (exact) mass is 743 g/mol. The third-order valence-corrected chi connectivity index (χ3v) is 13.4. The van der Waals surface area contributed by atoms with Gasteiger partial charge in [-0.1, -0.05) is 18.5 Å². The molecule has 0 radical (unpaired) electrons. The Morgan fingerprint density at radius 1 is 0.920 bits per heavy atom. The number of halogens is 1. The number of fused-ring (bicyclic) bond motifs is 2. The average molecular weight is 744 g/mol. The van der Waals surface area contributed by atoms with E-state index < -0.39 is 28.0 Å². The van der Waals surface area contributed by atoms with E-state index in [1.807, 2.05) is 6.92 Å². The first-order chi connectivity index (χ1) is 23.8. The number of sulfonamides is 1. The number of hydrogen-bond acceptors (Lipinski definition) is 10. The molecule has 7 rings (SSSR count). The number of aromatic amines is 1. The average Bonchev–Trinajstić information content (AvgIpc) is 3.86. The SMILES string of the molecule is CC1NCc2sc(C(=O)N3C(CCN4C(=O)CCC4=O)CN(S(=O)(=O)c4cc5cc(Cl)ccc5[nH]4)CC3CCN3C(=O)CCC3=O)nc2C1C. The van der Waals surface area contributed by atoms with Crippen molar-refractivity contribution in [3.8, 4) is 0 Å². The molecule has 3 fully saturated rings. The first-order valence-electron chi connectivity index (χ1n) is 16.8. The third-order valence-electron chi connectivity index (χ3n) is 10.4.